The molecule has 0 aliphatic carbocycles. The highest BCUT2D eigenvalue weighted by molar-refractivity contribution is 6.42. The van der Waals surface area contributed by atoms with E-state index in [1.807, 2.05) is 31.2 Å². The van der Waals surface area contributed by atoms with Gasteiger partial charge in [0.05, 0.1) is 29.1 Å². The highest BCUT2D eigenvalue weighted by atomic mass is 35.5. The highest BCUT2D eigenvalue weighted by Gasteiger charge is 2.35. The van der Waals surface area contributed by atoms with Crippen molar-refractivity contribution in [3.8, 4) is 5.75 Å². The lowest BCUT2D eigenvalue weighted by molar-refractivity contribution is -0.126. The van der Waals surface area contributed by atoms with Crippen LogP contribution >= 0.6 is 23.2 Å². The average molecular weight is 407 g/mol. The number of methoxy groups -OCH3 is 1. The van der Waals surface area contributed by atoms with E-state index in [-0.39, 0.29) is 24.3 Å². The molecule has 2 aromatic carbocycles. The first-order valence-electron chi connectivity index (χ1n) is 8.58. The zero-order valence-corrected chi connectivity index (χ0v) is 16.6. The predicted octanol–water partition coefficient (Wildman–Crippen LogP) is 4.23. The van der Waals surface area contributed by atoms with Crippen LogP contribution in [0.15, 0.2) is 42.5 Å². The van der Waals surface area contributed by atoms with E-state index in [0.717, 1.165) is 11.3 Å². The van der Waals surface area contributed by atoms with Gasteiger partial charge >= 0.3 is 0 Å². The molecule has 2 aromatic rings. The second-order valence-corrected chi connectivity index (χ2v) is 7.33. The summed E-state index contributed by atoms with van der Waals surface area (Å²) in [4.78, 5) is 26.7. The monoisotopic (exact) mass is 406 g/mol. The van der Waals surface area contributed by atoms with Crippen LogP contribution in [0.5, 0.6) is 5.75 Å². The van der Waals surface area contributed by atoms with E-state index in [1.165, 1.54) is 0 Å². The van der Waals surface area contributed by atoms with Crippen molar-refractivity contribution < 1.29 is 14.3 Å². The number of nitrogens with zero attached hydrogens (tertiary/aromatic N) is 1. The number of anilines is 1. The van der Waals surface area contributed by atoms with Gasteiger partial charge in [0.25, 0.3) is 0 Å². The highest BCUT2D eigenvalue weighted by Crippen LogP contribution is 2.29. The zero-order valence-electron chi connectivity index (χ0n) is 15.0. The van der Waals surface area contributed by atoms with Gasteiger partial charge in [-0.3, -0.25) is 9.59 Å². The Bertz CT molecular complexity index is 872. The van der Waals surface area contributed by atoms with E-state index < -0.39 is 5.92 Å². The van der Waals surface area contributed by atoms with Crippen LogP contribution in [0.25, 0.3) is 0 Å². The summed E-state index contributed by atoms with van der Waals surface area (Å²) >= 11 is 12.0. The molecule has 1 aliphatic heterocycles. The second kappa shape index (κ2) is 8.19. The van der Waals surface area contributed by atoms with Crippen molar-refractivity contribution in [2.24, 2.45) is 5.92 Å². The third-order valence-corrected chi connectivity index (χ3v) is 5.40. The summed E-state index contributed by atoms with van der Waals surface area (Å²) in [5.41, 5.74) is 1.58. The van der Waals surface area contributed by atoms with Gasteiger partial charge in [-0.2, -0.15) is 0 Å². The summed E-state index contributed by atoms with van der Waals surface area (Å²) in [6.45, 7) is 2.21. The first-order valence-corrected chi connectivity index (χ1v) is 9.34. The minimum absolute atomic E-state index is 0.0782. The van der Waals surface area contributed by atoms with Gasteiger partial charge < -0.3 is 15.0 Å². The topological polar surface area (TPSA) is 58.6 Å². The molecule has 2 atom stereocenters. The van der Waals surface area contributed by atoms with E-state index in [2.05, 4.69) is 5.32 Å². The number of benzene rings is 2. The van der Waals surface area contributed by atoms with Crippen LogP contribution in [0.3, 0.4) is 0 Å². The molecule has 1 saturated heterocycles. The number of carbonyl (C=O) groups excluding carboxylic acids is 2. The van der Waals surface area contributed by atoms with Crippen LogP contribution in [0.1, 0.15) is 24.9 Å². The molecule has 7 heteroatoms. The lowest BCUT2D eigenvalue weighted by Gasteiger charge is -2.19. The van der Waals surface area contributed by atoms with E-state index in [0.29, 0.717) is 22.3 Å². The predicted molar refractivity (Wildman–Crippen MR) is 106 cm³/mol. The number of ether oxygens (including phenoxy) is 1. The van der Waals surface area contributed by atoms with Crippen LogP contribution in [-0.2, 0) is 9.59 Å². The third-order valence-electron chi connectivity index (χ3n) is 4.66. The fourth-order valence-electron chi connectivity index (χ4n) is 3.11. The summed E-state index contributed by atoms with van der Waals surface area (Å²) in [5.74, 6) is 0.0216. The molecule has 2 amide bonds. The molecule has 1 heterocycles. The maximum absolute atomic E-state index is 12.7. The molecule has 0 spiro atoms. The molecule has 5 nitrogen and oxygen atoms in total. The summed E-state index contributed by atoms with van der Waals surface area (Å²) in [5, 5.41) is 3.86. The Hall–Kier alpha value is -2.24. The Morgan fingerprint density at radius 3 is 2.70 bits per heavy atom. The molecule has 0 saturated carbocycles. The van der Waals surface area contributed by atoms with Gasteiger partial charge in [-0.1, -0.05) is 35.3 Å². The van der Waals surface area contributed by atoms with Crippen molar-refractivity contribution in [1.29, 1.82) is 0 Å². The smallest absolute Gasteiger partial charge is 0.227 e. The second-order valence-electron chi connectivity index (χ2n) is 6.51. The molecule has 0 radical (unpaired) electrons. The van der Waals surface area contributed by atoms with Crippen LogP contribution in [0, 0.1) is 5.92 Å². The van der Waals surface area contributed by atoms with E-state index in [9.17, 15) is 9.59 Å². The summed E-state index contributed by atoms with van der Waals surface area (Å²) in [6, 6.07) is 12.3. The first-order chi connectivity index (χ1) is 12.9. The number of hydrogen-bond donors (Lipinski definition) is 1. The normalized spacial score (nSPS) is 17.7. The van der Waals surface area contributed by atoms with Crippen LogP contribution in [-0.4, -0.2) is 25.5 Å². The van der Waals surface area contributed by atoms with Gasteiger partial charge in [-0.05, 0) is 36.8 Å². The number of amides is 2. The van der Waals surface area contributed by atoms with Gasteiger partial charge in [0.2, 0.25) is 11.8 Å². The molecule has 27 heavy (non-hydrogen) atoms. The van der Waals surface area contributed by atoms with Crippen molar-refractivity contribution in [3.63, 3.8) is 0 Å². The molecular weight excluding hydrogens is 387 g/mol. The summed E-state index contributed by atoms with van der Waals surface area (Å²) in [7, 11) is 1.57. The van der Waals surface area contributed by atoms with Gasteiger partial charge in [-0.25, -0.2) is 0 Å². The Kier molecular flexibility index (Phi) is 5.92. The molecule has 3 rings (SSSR count). The molecule has 0 bridgehead atoms. The number of hydrogen-bond acceptors (Lipinski definition) is 3. The Morgan fingerprint density at radius 1 is 1.22 bits per heavy atom. The quantitative estimate of drug-likeness (QED) is 0.807. The third kappa shape index (κ3) is 4.37. The maximum atomic E-state index is 12.7. The Labute approximate surface area is 168 Å². The lowest BCUT2D eigenvalue weighted by atomic mass is 10.0. The van der Waals surface area contributed by atoms with Gasteiger partial charge in [-0.15, -0.1) is 0 Å². The first kappa shape index (κ1) is 19.5. The zero-order chi connectivity index (χ0) is 19.6. The molecule has 2 unspecified atom stereocenters. The number of nitrogens with one attached hydrogen (secondary N) is 1. The van der Waals surface area contributed by atoms with Gasteiger partial charge in [0.1, 0.15) is 5.75 Å². The van der Waals surface area contributed by atoms with E-state index in [4.69, 9.17) is 27.9 Å². The number of rotatable bonds is 5. The molecule has 142 valence electrons. The number of halogens is 2. The van der Waals surface area contributed by atoms with Crippen molar-refractivity contribution in [1.82, 2.24) is 5.32 Å². The van der Waals surface area contributed by atoms with Crippen molar-refractivity contribution in [2.75, 3.05) is 18.6 Å². The average Bonchev–Trinajstić information content (AvgIpc) is 3.05. The Morgan fingerprint density at radius 2 is 2.00 bits per heavy atom. The van der Waals surface area contributed by atoms with Crippen molar-refractivity contribution in [3.05, 3.63) is 58.1 Å². The van der Waals surface area contributed by atoms with Gasteiger partial charge in [0, 0.05) is 24.7 Å². The van der Waals surface area contributed by atoms with Crippen LogP contribution in [0.2, 0.25) is 10.0 Å². The molecule has 1 N–H and O–H groups in total. The SMILES string of the molecule is COc1cccc(N2CC(C(=O)NC(C)c3ccc(Cl)c(Cl)c3)CC2=O)c1. The van der Waals surface area contributed by atoms with Gasteiger partial charge in [0.15, 0.2) is 0 Å². The van der Waals surface area contributed by atoms with E-state index in [1.54, 1.807) is 30.2 Å². The van der Waals surface area contributed by atoms with E-state index >= 15 is 0 Å². The fraction of sp³-hybridized carbons (Fsp3) is 0.300. The lowest BCUT2D eigenvalue weighted by Crippen LogP contribution is -2.34. The number of carbonyl (C=O) groups is 2. The maximum Gasteiger partial charge on any atom is 0.227 e. The molecule has 1 aliphatic rings. The summed E-state index contributed by atoms with van der Waals surface area (Å²) in [6.07, 6.45) is 0.178. The minimum atomic E-state index is -0.408. The Balaban J connectivity index is 1.67. The minimum Gasteiger partial charge on any atom is -0.497 e. The van der Waals surface area contributed by atoms with Crippen molar-refractivity contribution in [2.45, 2.75) is 19.4 Å². The standard InChI is InChI=1S/C20H20Cl2N2O3/c1-12(13-6-7-17(21)18(22)8-13)23-20(26)14-9-19(25)24(11-14)15-4-3-5-16(10-15)27-2/h3-8,10,12,14H,9,11H2,1-2H3,(H,23,26). The van der Waals surface area contributed by atoms with Crippen molar-refractivity contribution >= 4 is 40.7 Å². The summed E-state index contributed by atoms with van der Waals surface area (Å²) < 4.78 is 5.21. The van der Waals surface area contributed by atoms with Crippen LogP contribution < -0.4 is 15.0 Å². The molecular formula is C20H20Cl2N2O3. The molecule has 1 fully saturated rings. The fourth-order valence-corrected chi connectivity index (χ4v) is 3.41. The molecule has 0 aromatic heterocycles. The van der Waals surface area contributed by atoms with Crippen LogP contribution in [0.4, 0.5) is 5.69 Å². The largest absolute Gasteiger partial charge is 0.497 e.